The van der Waals surface area contributed by atoms with Crippen molar-refractivity contribution in [2.24, 2.45) is 11.8 Å². The molecule has 2 rings (SSSR count). The molecule has 62 valence electrons. The van der Waals surface area contributed by atoms with Crippen LogP contribution in [0.25, 0.3) is 0 Å². The van der Waals surface area contributed by atoms with Gasteiger partial charge in [-0.2, -0.15) is 0 Å². The summed E-state index contributed by atoms with van der Waals surface area (Å²) in [5.74, 6) is 1.24. The smallest absolute Gasteiger partial charge is 0.00533 e. The van der Waals surface area contributed by atoms with Gasteiger partial charge in [-0.1, -0.05) is 55.0 Å². The van der Waals surface area contributed by atoms with Gasteiger partial charge in [-0.05, 0) is 6.42 Å². The fourth-order valence-corrected chi connectivity index (χ4v) is 1.77. The Bertz CT molecular complexity index is 276. The lowest BCUT2D eigenvalue weighted by atomic mass is 9.83. The van der Waals surface area contributed by atoms with E-state index in [1.807, 2.05) is 0 Å². The first-order valence-corrected chi connectivity index (χ1v) is 4.64. The van der Waals surface area contributed by atoms with Crippen molar-refractivity contribution in [2.45, 2.75) is 13.3 Å². The predicted octanol–water partition coefficient (Wildman–Crippen LogP) is 3.25. The molecule has 0 aromatic heterocycles. The Hall–Kier alpha value is -1.04. The van der Waals surface area contributed by atoms with Crippen LogP contribution in [-0.4, -0.2) is 0 Å². The number of fused-ring (bicyclic) bond motifs is 1. The molecule has 2 atom stereocenters. The van der Waals surface area contributed by atoms with Crippen LogP contribution in [0.15, 0.2) is 48.1 Å². The summed E-state index contributed by atoms with van der Waals surface area (Å²) in [5, 5.41) is 0. The van der Waals surface area contributed by atoms with E-state index in [0.717, 1.165) is 6.42 Å². The first-order chi connectivity index (χ1) is 5.90. The van der Waals surface area contributed by atoms with Crippen molar-refractivity contribution in [3.05, 3.63) is 48.1 Å². The summed E-state index contributed by atoms with van der Waals surface area (Å²) in [6.07, 6.45) is 16.9. The molecule has 2 unspecified atom stereocenters. The Balaban J connectivity index is 2.22. The summed E-state index contributed by atoms with van der Waals surface area (Å²) in [6, 6.07) is 0. The minimum Gasteiger partial charge on any atom is -0.0767 e. The van der Waals surface area contributed by atoms with E-state index in [-0.39, 0.29) is 0 Å². The summed E-state index contributed by atoms with van der Waals surface area (Å²) in [6.45, 7) is 2.21. The molecule has 0 fully saturated rings. The van der Waals surface area contributed by atoms with E-state index < -0.39 is 0 Å². The maximum atomic E-state index is 2.38. The molecule has 0 saturated heterocycles. The van der Waals surface area contributed by atoms with Gasteiger partial charge in [0, 0.05) is 11.8 Å². The van der Waals surface area contributed by atoms with Gasteiger partial charge < -0.3 is 0 Å². The average Bonchev–Trinajstić information content (AvgIpc) is 2.17. The standard InChI is InChI=1S/C12H14/c1-2-10-7-8-11-5-3-4-6-12(11)9-10/h3-9,11-12H,2H2,1H3. The number of rotatable bonds is 1. The highest BCUT2D eigenvalue weighted by molar-refractivity contribution is 5.33. The molecular weight excluding hydrogens is 144 g/mol. The van der Waals surface area contributed by atoms with Crippen LogP contribution in [0.4, 0.5) is 0 Å². The van der Waals surface area contributed by atoms with Gasteiger partial charge in [0.15, 0.2) is 0 Å². The fourth-order valence-electron chi connectivity index (χ4n) is 1.77. The third kappa shape index (κ3) is 1.29. The fraction of sp³-hybridized carbons (Fsp3) is 0.333. The zero-order chi connectivity index (χ0) is 8.39. The second-order valence-corrected chi connectivity index (χ2v) is 3.38. The van der Waals surface area contributed by atoms with Gasteiger partial charge >= 0.3 is 0 Å². The largest absolute Gasteiger partial charge is 0.0767 e. The number of hydrogen-bond acceptors (Lipinski definition) is 0. The van der Waals surface area contributed by atoms with Gasteiger partial charge in [0.1, 0.15) is 0 Å². The van der Waals surface area contributed by atoms with Crippen molar-refractivity contribution in [2.75, 3.05) is 0 Å². The minimum absolute atomic E-state index is 0.616. The summed E-state index contributed by atoms with van der Waals surface area (Å²) in [7, 11) is 0. The molecule has 0 heterocycles. The van der Waals surface area contributed by atoms with Crippen LogP contribution in [0.2, 0.25) is 0 Å². The summed E-state index contributed by atoms with van der Waals surface area (Å²) in [4.78, 5) is 0. The van der Waals surface area contributed by atoms with Crippen molar-refractivity contribution >= 4 is 0 Å². The highest BCUT2D eigenvalue weighted by atomic mass is 14.2. The van der Waals surface area contributed by atoms with E-state index in [4.69, 9.17) is 0 Å². The van der Waals surface area contributed by atoms with Crippen molar-refractivity contribution in [3.8, 4) is 0 Å². The van der Waals surface area contributed by atoms with Crippen molar-refractivity contribution in [1.82, 2.24) is 0 Å². The lowest BCUT2D eigenvalue weighted by molar-refractivity contribution is 0.651. The zero-order valence-corrected chi connectivity index (χ0v) is 7.40. The molecule has 12 heavy (non-hydrogen) atoms. The molecule has 2 aliphatic rings. The maximum Gasteiger partial charge on any atom is 0.00533 e. The molecule has 0 bridgehead atoms. The molecule has 0 aromatic carbocycles. The van der Waals surface area contributed by atoms with Crippen LogP contribution < -0.4 is 0 Å². The van der Waals surface area contributed by atoms with Crippen LogP contribution in [0.5, 0.6) is 0 Å². The normalized spacial score (nSPS) is 31.6. The number of hydrogen-bond donors (Lipinski definition) is 0. The Morgan fingerprint density at radius 1 is 1.08 bits per heavy atom. The van der Waals surface area contributed by atoms with E-state index >= 15 is 0 Å². The molecule has 0 spiro atoms. The Labute approximate surface area is 74.0 Å². The lowest BCUT2D eigenvalue weighted by Crippen LogP contribution is -2.11. The van der Waals surface area contributed by atoms with Crippen LogP contribution in [0.3, 0.4) is 0 Å². The van der Waals surface area contributed by atoms with Crippen LogP contribution in [0, 0.1) is 11.8 Å². The summed E-state index contributed by atoms with van der Waals surface area (Å²) >= 11 is 0. The topological polar surface area (TPSA) is 0 Å². The van der Waals surface area contributed by atoms with E-state index in [2.05, 4.69) is 49.5 Å². The Morgan fingerprint density at radius 3 is 2.58 bits per heavy atom. The molecule has 0 nitrogen and oxygen atoms in total. The van der Waals surface area contributed by atoms with E-state index in [0.29, 0.717) is 11.8 Å². The van der Waals surface area contributed by atoms with Crippen LogP contribution in [-0.2, 0) is 0 Å². The first-order valence-electron chi connectivity index (χ1n) is 4.64. The van der Waals surface area contributed by atoms with Gasteiger partial charge in [-0.25, -0.2) is 0 Å². The zero-order valence-electron chi connectivity index (χ0n) is 7.40. The van der Waals surface area contributed by atoms with Crippen molar-refractivity contribution in [1.29, 1.82) is 0 Å². The molecule has 2 aliphatic carbocycles. The van der Waals surface area contributed by atoms with Crippen molar-refractivity contribution < 1.29 is 0 Å². The highest BCUT2D eigenvalue weighted by Gasteiger charge is 2.16. The molecule has 0 aliphatic heterocycles. The Kier molecular flexibility index (Phi) is 1.99. The quantitative estimate of drug-likeness (QED) is 0.549. The molecule has 0 saturated carbocycles. The molecular formula is C12H14. The molecule has 0 radical (unpaired) electrons. The van der Waals surface area contributed by atoms with E-state index in [1.165, 1.54) is 5.57 Å². The predicted molar refractivity (Wildman–Crippen MR) is 52.8 cm³/mol. The Morgan fingerprint density at radius 2 is 1.83 bits per heavy atom. The third-order valence-electron chi connectivity index (χ3n) is 2.57. The van der Waals surface area contributed by atoms with Gasteiger partial charge in [-0.3, -0.25) is 0 Å². The second-order valence-electron chi connectivity index (χ2n) is 3.38. The van der Waals surface area contributed by atoms with Gasteiger partial charge in [0.25, 0.3) is 0 Å². The highest BCUT2D eigenvalue weighted by Crippen LogP contribution is 2.28. The molecule has 0 amide bonds. The van der Waals surface area contributed by atoms with Crippen molar-refractivity contribution in [3.63, 3.8) is 0 Å². The average molecular weight is 158 g/mol. The first kappa shape index (κ1) is 7.60. The SMILES string of the molecule is CCC1=CC2C=CC=CC2C=C1. The monoisotopic (exact) mass is 158 g/mol. The third-order valence-corrected chi connectivity index (χ3v) is 2.57. The molecule has 0 N–H and O–H groups in total. The van der Waals surface area contributed by atoms with Gasteiger partial charge in [0.05, 0.1) is 0 Å². The van der Waals surface area contributed by atoms with E-state index in [9.17, 15) is 0 Å². The second kappa shape index (κ2) is 3.14. The number of allylic oxidation sites excluding steroid dienone is 8. The minimum atomic E-state index is 0.616. The summed E-state index contributed by atoms with van der Waals surface area (Å²) in [5.41, 5.74) is 1.47. The molecule has 0 heteroatoms. The maximum absolute atomic E-state index is 2.38. The van der Waals surface area contributed by atoms with E-state index in [1.54, 1.807) is 0 Å². The van der Waals surface area contributed by atoms with Gasteiger partial charge in [0.2, 0.25) is 0 Å². The lowest BCUT2D eigenvalue weighted by Gasteiger charge is -2.22. The summed E-state index contributed by atoms with van der Waals surface area (Å²) < 4.78 is 0. The van der Waals surface area contributed by atoms with Gasteiger partial charge in [-0.15, -0.1) is 0 Å². The van der Waals surface area contributed by atoms with Crippen LogP contribution in [0.1, 0.15) is 13.3 Å². The molecule has 0 aromatic rings. The van der Waals surface area contributed by atoms with Crippen LogP contribution >= 0.6 is 0 Å².